The van der Waals surface area contributed by atoms with Gasteiger partial charge in [0.05, 0.1) is 12.8 Å². The predicted molar refractivity (Wildman–Crippen MR) is 93.0 cm³/mol. The highest BCUT2D eigenvalue weighted by Gasteiger charge is 2.46. The Bertz CT molecular complexity index is 987. The first-order chi connectivity index (χ1) is 13.3. The zero-order valence-corrected chi connectivity index (χ0v) is 14.8. The Labute approximate surface area is 160 Å². The summed E-state index contributed by atoms with van der Waals surface area (Å²) in [7, 11) is 1.44. The first-order valence-electron chi connectivity index (χ1n) is 7.53. The van der Waals surface area contributed by atoms with Crippen LogP contribution in [0.4, 0.5) is 15.5 Å². The maximum atomic E-state index is 12.7. The molecule has 1 aliphatic rings. The van der Waals surface area contributed by atoms with E-state index in [2.05, 4.69) is 14.9 Å². The average molecular weight is 405 g/mol. The number of hydrogen-bond acceptors (Lipinski definition) is 9. The zero-order valence-electron chi connectivity index (χ0n) is 14.0. The number of nitrogens with zero attached hydrogens (tertiary/aromatic N) is 3. The molecule has 28 heavy (non-hydrogen) atoms. The molecule has 12 nitrogen and oxygen atoms in total. The van der Waals surface area contributed by atoms with E-state index in [0.717, 1.165) is 0 Å². The molecule has 144 valence electrons. The van der Waals surface area contributed by atoms with E-state index in [9.17, 15) is 24.0 Å². The lowest BCUT2D eigenvalue weighted by atomic mass is 10.0. The molecule has 1 aromatic carbocycles. The molecule has 0 unspecified atom stereocenters. The average Bonchev–Trinajstić information content (AvgIpc) is 3.10. The number of benzene rings is 1. The Morgan fingerprint density at radius 1 is 1.25 bits per heavy atom. The number of ether oxygens (including phenoxy) is 1. The van der Waals surface area contributed by atoms with Crippen molar-refractivity contribution < 1.29 is 33.8 Å². The van der Waals surface area contributed by atoms with Gasteiger partial charge < -0.3 is 15.2 Å². The summed E-state index contributed by atoms with van der Waals surface area (Å²) in [4.78, 5) is 61.0. The van der Waals surface area contributed by atoms with Gasteiger partial charge in [0.1, 0.15) is 5.75 Å². The molecule has 0 spiro atoms. The summed E-state index contributed by atoms with van der Waals surface area (Å²) in [5.41, 5.74) is -0.426. The van der Waals surface area contributed by atoms with Crippen LogP contribution in [0, 0.1) is 5.92 Å². The summed E-state index contributed by atoms with van der Waals surface area (Å²) in [5, 5.41) is 16.2. The van der Waals surface area contributed by atoms with Gasteiger partial charge in [-0.2, -0.15) is 0 Å². The minimum absolute atomic E-state index is 0.110. The fourth-order valence-corrected chi connectivity index (χ4v) is 2.94. The Kier molecular flexibility index (Phi) is 5.00. The summed E-state index contributed by atoms with van der Waals surface area (Å²) < 4.78 is 8.40. The summed E-state index contributed by atoms with van der Waals surface area (Å²) in [5.74, 6) is -6.24. The summed E-state index contributed by atoms with van der Waals surface area (Å²) in [6.07, 6.45) is 0. The van der Waals surface area contributed by atoms with Crippen molar-refractivity contribution in [1.82, 2.24) is 14.9 Å². The van der Waals surface area contributed by atoms with Gasteiger partial charge in [-0.15, -0.1) is 5.10 Å². The first kappa shape index (κ1) is 18.9. The number of aromatic nitrogens is 2. The van der Waals surface area contributed by atoms with E-state index in [1.54, 1.807) is 0 Å². The molecular formula is C15H11N5O7S. The van der Waals surface area contributed by atoms with Crippen molar-refractivity contribution in [3.8, 4) is 5.75 Å². The largest absolute Gasteiger partial charge is 0.497 e. The topological polar surface area (TPSA) is 168 Å². The van der Waals surface area contributed by atoms with E-state index in [-0.39, 0.29) is 10.7 Å². The molecular weight excluding hydrogens is 394 g/mol. The van der Waals surface area contributed by atoms with Crippen LogP contribution in [0.2, 0.25) is 0 Å². The van der Waals surface area contributed by atoms with Gasteiger partial charge in [-0.1, -0.05) is 4.49 Å². The maximum absolute atomic E-state index is 12.7. The number of aromatic carboxylic acids is 1. The minimum atomic E-state index is -1.91. The fourth-order valence-electron chi connectivity index (χ4n) is 2.38. The number of hydrogen-bond donors (Lipinski definition) is 3. The van der Waals surface area contributed by atoms with Gasteiger partial charge in [0, 0.05) is 11.5 Å². The lowest BCUT2D eigenvalue weighted by molar-refractivity contribution is -0.139. The van der Waals surface area contributed by atoms with Crippen LogP contribution in [0.5, 0.6) is 5.75 Å². The van der Waals surface area contributed by atoms with Gasteiger partial charge in [0.2, 0.25) is 17.5 Å². The van der Waals surface area contributed by atoms with Crippen molar-refractivity contribution >= 4 is 51.9 Å². The summed E-state index contributed by atoms with van der Waals surface area (Å²) >= 11 is 0.563. The van der Waals surface area contributed by atoms with Gasteiger partial charge in [0.25, 0.3) is 5.91 Å². The second kappa shape index (κ2) is 7.40. The molecule has 1 aromatic heterocycles. The first-order valence-corrected chi connectivity index (χ1v) is 8.30. The van der Waals surface area contributed by atoms with Gasteiger partial charge in [-0.05, 0) is 24.3 Å². The predicted octanol–water partition coefficient (Wildman–Crippen LogP) is 0.0826. The second-order valence-corrected chi connectivity index (χ2v) is 6.10. The highest BCUT2D eigenvalue weighted by molar-refractivity contribution is 7.10. The molecule has 0 aliphatic carbocycles. The third-order valence-corrected chi connectivity index (χ3v) is 4.32. The molecule has 5 amide bonds. The van der Waals surface area contributed by atoms with Crippen molar-refractivity contribution in [3.05, 3.63) is 30.0 Å². The van der Waals surface area contributed by atoms with Crippen molar-refractivity contribution in [2.75, 3.05) is 17.3 Å². The Morgan fingerprint density at radius 2 is 1.93 bits per heavy atom. The van der Waals surface area contributed by atoms with Crippen LogP contribution in [-0.2, 0) is 14.4 Å². The van der Waals surface area contributed by atoms with E-state index in [1.807, 2.05) is 5.32 Å². The number of carbonyl (C=O) groups excluding carboxylic acids is 4. The molecule has 3 N–H and O–H groups in total. The summed E-state index contributed by atoms with van der Waals surface area (Å²) in [6.45, 7) is 0. The van der Waals surface area contributed by atoms with Gasteiger partial charge in [0.15, 0.2) is 10.9 Å². The van der Waals surface area contributed by atoms with Gasteiger partial charge in [-0.3, -0.25) is 19.7 Å². The molecule has 2 aromatic rings. The monoisotopic (exact) mass is 405 g/mol. The van der Waals surface area contributed by atoms with Crippen LogP contribution < -0.4 is 20.3 Å². The molecule has 0 saturated carbocycles. The molecule has 3 rings (SSSR count). The number of urea groups is 1. The second-order valence-electron chi connectivity index (χ2n) is 5.34. The third kappa shape index (κ3) is 3.37. The molecule has 1 saturated heterocycles. The van der Waals surface area contributed by atoms with E-state index in [4.69, 9.17) is 9.84 Å². The summed E-state index contributed by atoms with van der Waals surface area (Å²) in [6, 6.07) is 4.76. The number of nitrogens with one attached hydrogen (secondary N) is 2. The molecule has 13 heteroatoms. The van der Waals surface area contributed by atoms with Crippen molar-refractivity contribution in [2.24, 2.45) is 5.92 Å². The van der Waals surface area contributed by atoms with Crippen molar-refractivity contribution in [2.45, 2.75) is 0 Å². The number of amides is 5. The fraction of sp³-hybridized carbons (Fsp3) is 0.133. The van der Waals surface area contributed by atoms with E-state index < -0.39 is 41.3 Å². The van der Waals surface area contributed by atoms with Crippen LogP contribution in [0.25, 0.3) is 0 Å². The number of barbiturate groups is 1. The Balaban J connectivity index is 1.87. The van der Waals surface area contributed by atoms with Crippen LogP contribution in [0.3, 0.4) is 0 Å². The number of anilines is 2. The molecule has 0 radical (unpaired) electrons. The van der Waals surface area contributed by atoms with E-state index >= 15 is 0 Å². The highest BCUT2D eigenvalue weighted by atomic mass is 32.1. The maximum Gasteiger partial charge on any atom is 0.359 e. The normalized spacial score (nSPS) is 16.5. The number of carboxylic acids is 1. The standard InChI is InChI=1S/C15H11N5O7S/c1-27-7-4-2-6(3-5-7)20-13(23)8(11(22)17-15(20)26)10(21)16-12-9(14(24)25)18-19-28-12/h2-5,8H,1H3,(H,16,21)(H,24,25)(H,17,22,26)/t8-/m1/s1. The molecule has 0 bridgehead atoms. The number of imide groups is 2. The van der Waals surface area contributed by atoms with Crippen molar-refractivity contribution in [1.29, 1.82) is 0 Å². The number of rotatable bonds is 5. The van der Waals surface area contributed by atoms with E-state index in [1.165, 1.54) is 31.4 Å². The highest BCUT2D eigenvalue weighted by Crippen LogP contribution is 2.25. The Hall–Kier alpha value is -3.87. The minimum Gasteiger partial charge on any atom is -0.497 e. The van der Waals surface area contributed by atoms with Gasteiger partial charge in [-0.25, -0.2) is 14.5 Å². The van der Waals surface area contributed by atoms with Crippen molar-refractivity contribution in [3.63, 3.8) is 0 Å². The number of methoxy groups -OCH3 is 1. The Morgan fingerprint density at radius 3 is 2.54 bits per heavy atom. The van der Waals surface area contributed by atoms with Crippen LogP contribution in [0.1, 0.15) is 10.5 Å². The third-order valence-electron chi connectivity index (χ3n) is 3.68. The molecule has 1 aliphatic heterocycles. The zero-order chi connectivity index (χ0) is 20.4. The SMILES string of the molecule is COc1ccc(N2C(=O)NC(=O)[C@@H](C(=O)Nc3snnc3C(=O)O)C2=O)cc1. The van der Waals surface area contributed by atoms with Gasteiger partial charge >= 0.3 is 12.0 Å². The number of carboxylic acid groups (broad SMARTS) is 1. The van der Waals surface area contributed by atoms with Crippen LogP contribution in [-0.4, -0.2) is 51.5 Å². The molecule has 1 atom stereocenters. The van der Waals surface area contributed by atoms with E-state index in [0.29, 0.717) is 22.2 Å². The smallest absolute Gasteiger partial charge is 0.359 e. The lowest BCUT2D eigenvalue weighted by Gasteiger charge is -2.29. The van der Waals surface area contributed by atoms with Crippen LogP contribution in [0.15, 0.2) is 24.3 Å². The quantitative estimate of drug-likeness (QED) is 0.583. The molecule has 1 fully saturated rings. The molecule has 2 heterocycles. The lowest BCUT2D eigenvalue weighted by Crippen LogP contribution is -2.61. The van der Waals surface area contributed by atoms with Crippen LogP contribution >= 0.6 is 11.5 Å². The number of carbonyl (C=O) groups is 5.